The van der Waals surface area contributed by atoms with Gasteiger partial charge < -0.3 is 10.2 Å². The van der Waals surface area contributed by atoms with Gasteiger partial charge in [-0.1, -0.05) is 36.4 Å². The molecule has 0 aliphatic heterocycles. The number of aromatic hydroxyl groups is 1. The molecule has 0 radical (unpaired) electrons. The monoisotopic (exact) mass is 369 g/mol. The van der Waals surface area contributed by atoms with Gasteiger partial charge in [0.15, 0.2) is 0 Å². The van der Waals surface area contributed by atoms with Crippen LogP contribution in [0.2, 0.25) is 0 Å². The zero-order valence-corrected chi connectivity index (χ0v) is 17.6. The lowest BCUT2D eigenvalue weighted by atomic mass is 9.85. The molecule has 0 aromatic heterocycles. The first kappa shape index (κ1) is 21.5. The number of phenols is 1. The molecule has 0 heterocycles. The number of phenolic OH excluding ortho intramolecular Hbond substituents is 1. The summed E-state index contributed by atoms with van der Waals surface area (Å²) in [7, 11) is 0. The number of aliphatic hydroxyl groups is 1. The van der Waals surface area contributed by atoms with Crippen molar-refractivity contribution in [2.24, 2.45) is 0 Å². The first-order chi connectivity index (χ1) is 12.6. The summed E-state index contributed by atoms with van der Waals surface area (Å²) in [5.74, 6) is 0.367. The van der Waals surface area contributed by atoms with Gasteiger partial charge in [-0.3, -0.25) is 4.90 Å². The molecule has 27 heavy (non-hydrogen) atoms. The highest BCUT2D eigenvalue weighted by Crippen LogP contribution is 2.37. The maximum atomic E-state index is 10.6. The summed E-state index contributed by atoms with van der Waals surface area (Å²) in [6, 6.07) is 16.8. The fourth-order valence-corrected chi connectivity index (χ4v) is 3.79. The van der Waals surface area contributed by atoms with Crippen molar-refractivity contribution in [2.75, 3.05) is 6.54 Å². The second-order valence-corrected chi connectivity index (χ2v) is 8.51. The summed E-state index contributed by atoms with van der Waals surface area (Å²) in [4.78, 5) is 2.48. The van der Waals surface area contributed by atoms with E-state index in [1.54, 1.807) is 26.0 Å². The largest absolute Gasteiger partial charge is 0.508 e. The van der Waals surface area contributed by atoms with Crippen LogP contribution in [-0.4, -0.2) is 33.7 Å². The highest BCUT2D eigenvalue weighted by Gasteiger charge is 2.24. The topological polar surface area (TPSA) is 43.7 Å². The van der Waals surface area contributed by atoms with Crippen LogP contribution in [0.1, 0.15) is 70.6 Å². The van der Waals surface area contributed by atoms with E-state index in [-0.39, 0.29) is 11.7 Å². The lowest BCUT2D eigenvalue weighted by molar-refractivity contribution is 0.0784. The third-order valence-electron chi connectivity index (χ3n) is 5.31. The van der Waals surface area contributed by atoms with Gasteiger partial charge in [-0.15, -0.1) is 0 Å². The van der Waals surface area contributed by atoms with Crippen molar-refractivity contribution in [1.82, 2.24) is 4.90 Å². The molecule has 0 aliphatic rings. The van der Waals surface area contributed by atoms with Gasteiger partial charge in [-0.05, 0) is 77.8 Å². The van der Waals surface area contributed by atoms with Gasteiger partial charge in [0.2, 0.25) is 0 Å². The van der Waals surface area contributed by atoms with Gasteiger partial charge in [0.1, 0.15) is 5.75 Å². The molecule has 0 saturated carbocycles. The van der Waals surface area contributed by atoms with Gasteiger partial charge in [-0.2, -0.15) is 0 Å². The molecule has 2 rings (SSSR count). The average molecular weight is 370 g/mol. The lowest BCUT2D eigenvalue weighted by Crippen LogP contribution is -2.38. The smallest absolute Gasteiger partial charge is 0.119 e. The third-order valence-corrected chi connectivity index (χ3v) is 5.31. The van der Waals surface area contributed by atoms with Gasteiger partial charge in [0.05, 0.1) is 5.60 Å². The number of hydrogen-bond donors (Lipinski definition) is 2. The van der Waals surface area contributed by atoms with Crippen LogP contribution >= 0.6 is 0 Å². The Morgan fingerprint density at radius 3 is 2.04 bits per heavy atom. The maximum Gasteiger partial charge on any atom is 0.119 e. The second kappa shape index (κ2) is 8.90. The molecule has 0 aliphatic carbocycles. The minimum Gasteiger partial charge on any atom is -0.508 e. The number of benzene rings is 2. The first-order valence-corrected chi connectivity index (χ1v) is 9.97. The lowest BCUT2D eigenvalue weighted by Gasteiger charge is -2.32. The molecule has 148 valence electrons. The van der Waals surface area contributed by atoms with Gasteiger partial charge in [0.25, 0.3) is 0 Å². The normalized spacial score (nSPS) is 13.6. The van der Waals surface area contributed by atoms with E-state index < -0.39 is 5.60 Å². The predicted molar refractivity (Wildman–Crippen MR) is 113 cm³/mol. The van der Waals surface area contributed by atoms with Crippen LogP contribution < -0.4 is 0 Å². The van der Waals surface area contributed by atoms with Gasteiger partial charge in [0, 0.05) is 23.6 Å². The van der Waals surface area contributed by atoms with Crippen LogP contribution in [-0.2, 0) is 5.60 Å². The molecule has 3 heteroatoms. The van der Waals surface area contributed by atoms with Gasteiger partial charge >= 0.3 is 0 Å². The second-order valence-electron chi connectivity index (χ2n) is 8.51. The zero-order chi connectivity index (χ0) is 20.2. The minimum absolute atomic E-state index is 0.0773. The molecule has 2 aromatic carbocycles. The Balaban J connectivity index is 2.42. The Morgan fingerprint density at radius 2 is 1.52 bits per heavy atom. The summed E-state index contributed by atoms with van der Waals surface area (Å²) in [6.45, 7) is 13.4. The quantitative estimate of drug-likeness (QED) is 0.667. The van der Waals surface area contributed by atoms with E-state index in [0.29, 0.717) is 12.1 Å². The van der Waals surface area contributed by atoms with Gasteiger partial charge in [-0.25, -0.2) is 0 Å². The van der Waals surface area contributed by atoms with Crippen LogP contribution in [0.5, 0.6) is 5.75 Å². The first-order valence-electron chi connectivity index (χ1n) is 9.97. The molecule has 1 atom stereocenters. The summed E-state index contributed by atoms with van der Waals surface area (Å²) in [5, 5.41) is 21.1. The Bertz CT molecular complexity index is 709. The highest BCUT2D eigenvalue weighted by molar-refractivity contribution is 5.44. The summed E-state index contributed by atoms with van der Waals surface area (Å²) >= 11 is 0. The fourth-order valence-electron chi connectivity index (χ4n) is 3.79. The molecular weight excluding hydrogens is 334 g/mol. The van der Waals surface area contributed by atoms with Crippen LogP contribution in [0, 0.1) is 0 Å². The zero-order valence-electron chi connectivity index (χ0n) is 17.6. The van der Waals surface area contributed by atoms with E-state index in [9.17, 15) is 10.2 Å². The minimum atomic E-state index is -0.939. The Hall–Kier alpha value is -1.84. The van der Waals surface area contributed by atoms with E-state index in [4.69, 9.17) is 0 Å². The van der Waals surface area contributed by atoms with E-state index in [0.717, 1.165) is 24.1 Å². The van der Waals surface area contributed by atoms with E-state index in [1.165, 1.54) is 5.56 Å². The molecule has 0 saturated heterocycles. The third kappa shape index (κ3) is 5.57. The van der Waals surface area contributed by atoms with Crippen molar-refractivity contribution in [3.8, 4) is 5.75 Å². The highest BCUT2D eigenvalue weighted by atomic mass is 16.3. The molecule has 0 bridgehead atoms. The van der Waals surface area contributed by atoms with Crippen LogP contribution in [0.25, 0.3) is 0 Å². The summed E-state index contributed by atoms with van der Waals surface area (Å²) in [5.41, 5.74) is 1.95. The molecule has 2 aromatic rings. The van der Waals surface area contributed by atoms with Crippen molar-refractivity contribution in [3.63, 3.8) is 0 Å². The molecule has 1 unspecified atom stereocenters. The van der Waals surface area contributed by atoms with Crippen LogP contribution in [0.3, 0.4) is 0 Å². The van der Waals surface area contributed by atoms with Crippen LogP contribution in [0.15, 0.2) is 48.5 Å². The van der Waals surface area contributed by atoms with Crippen molar-refractivity contribution in [3.05, 3.63) is 65.2 Å². The Morgan fingerprint density at radius 1 is 0.926 bits per heavy atom. The van der Waals surface area contributed by atoms with Crippen molar-refractivity contribution >= 4 is 0 Å². The fraction of sp³-hybridized carbons (Fsp3) is 0.500. The van der Waals surface area contributed by atoms with Crippen LogP contribution in [0.4, 0.5) is 0 Å². The summed E-state index contributed by atoms with van der Waals surface area (Å²) < 4.78 is 0. The van der Waals surface area contributed by atoms with Crippen molar-refractivity contribution in [1.29, 1.82) is 0 Å². The predicted octanol–water partition coefficient (Wildman–Crippen LogP) is 5.26. The molecule has 0 amide bonds. The number of nitrogens with zero attached hydrogens (tertiary/aromatic N) is 1. The van der Waals surface area contributed by atoms with E-state index >= 15 is 0 Å². The summed E-state index contributed by atoms with van der Waals surface area (Å²) in [6.07, 6.45) is 0.906. The SMILES string of the molecule is CC(C)N(CCC(c1ccccc1)c1cc(C(C)(C)O)ccc1O)C(C)C. The average Bonchev–Trinajstić information content (AvgIpc) is 2.58. The standard InChI is InChI=1S/C24H35NO2/c1-17(2)25(18(3)4)15-14-21(19-10-8-7-9-11-19)22-16-20(24(5,6)27)12-13-23(22)26/h7-13,16-18,21,26-27H,14-15H2,1-6H3. The van der Waals surface area contributed by atoms with Crippen molar-refractivity contribution in [2.45, 2.75) is 71.6 Å². The molecule has 0 spiro atoms. The molecular formula is C24H35NO2. The number of hydrogen-bond acceptors (Lipinski definition) is 3. The van der Waals surface area contributed by atoms with E-state index in [2.05, 4.69) is 44.7 Å². The molecule has 2 N–H and O–H groups in total. The molecule has 0 fully saturated rings. The number of rotatable bonds is 8. The Kier molecular flexibility index (Phi) is 7.07. The molecule has 3 nitrogen and oxygen atoms in total. The van der Waals surface area contributed by atoms with E-state index in [1.807, 2.05) is 24.3 Å². The Labute approximate surface area is 164 Å². The maximum absolute atomic E-state index is 10.6. The van der Waals surface area contributed by atoms with Crippen molar-refractivity contribution < 1.29 is 10.2 Å².